The molecule has 2 fully saturated rings. The van der Waals surface area contributed by atoms with E-state index >= 15 is 0 Å². The lowest BCUT2D eigenvalue weighted by Crippen LogP contribution is -2.38. The number of rotatable bonds is 7. The number of hydrogen-bond donors (Lipinski definition) is 2. The van der Waals surface area contributed by atoms with Crippen LogP contribution in [0.25, 0.3) is 5.52 Å². The molecule has 9 nitrogen and oxygen atoms in total. The Morgan fingerprint density at radius 1 is 1.36 bits per heavy atom. The average molecular weight is 467 g/mol. The van der Waals surface area contributed by atoms with Crippen LogP contribution in [0.1, 0.15) is 41.4 Å². The number of halogens is 1. The summed E-state index contributed by atoms with van der Waals surface area (Å²) >= 11 is 1.31. The van der Waals surface area contributed by atoms with E-state index < -0.39 is 12.2 Å². The number of nitrogens with one attached hydrogen (secondary N) is 2. The number of hydrogen-bond acceptors (Lipinski definition) is 8. The predicted molar refractivity (Wildman–Crippen MR) is 123 cm³/mol. The molecule has 4 aromatic rings. The van der Waals surface area contributed by atoms with Gasteiger partial charge >= 0.3 is 0 Å². The molecule has 0 bridgehead atoms. The molecule has 1 saturated heterocycles. The van der Waals surface area contributed by atoms with Crippen LogP contribution in [0.15, 0.2) is 30.5 Å². The second-order valence-electron chi connectivity index (χ2n) is 8.79. The molecule has 0 spiro atoms. The lowest BCUT2D eigenvalue weighted by atomic mass is 10.1. The Morgan fingerprint density at radius 3 is 3.03 bits per heavy atom. The third-order valence-electron chi connectivity index (χ3n) is 6.14. The Balaban J connectivity index is 1.30. The van der Waals surface area contributed by atoms with Crippen LogP contribution in [0.2, 0.25) is 0 Å². The molecular formula is C22H23FN8OS. The minimum atomic E-state index is -1.12. The van der Waals surface area contributed by atoms with Crippen molar-refractivity contribution in [1.82, 2.24) is 29.2 Å². The number of nitrogens with zero attached hydrogens (tertiary/aromatic N) is 6. The van der Waals surface area contributed by atoms with Gasteiger partial charge in [-0.15, -0.1) is 5.10 Å². The first kappa shape index (κ1) is 20.3. The standard InChI is InChI=1S/C22H23FN8OS/c1-12-7-15(33-29-12)9-19(32)18-8-14(23)11-30(18)22-25-21(17-3-2-6-31(17)28-22)24-20-10-16(26-27-20)13-4-5-13/h2-3,6-7,10,13-14,18H,4-5,8-9,11H2,1H3,(H2,24,25,26,27,28)/t14-,18+/m1/s1. The average Bonchev–Trinajstić information content (AvgIpc) is 3.17. The van der Waals surface area contributed by atoms with Crippen LogP contribution in [0.5, 0.6) is 0 Å². The van der Waals surface area contributed by atoms with Gasteiger partial charge in [-0.05, 0) is 49.5 Å². The van der Waals surface area contributed by atoms with Gasteiger partial charge in [0.15, 0.2) is 17.4 Å². The smallest absolute Gasteiger partial charge is 0.246 e. The van der Waals surface area contributed by atoms with E-state index in [2.05, 4.69) is 25.0 Å². The van der Waals surface area contributed by atoms with E-state index in [9.17, 15) is 9.18 Å². The first-order valence-corrected chi connectivity index (χ1v) is 11.8. The van der Waals surface area contributed by atoms with Crippen LogP contribution in [0, 0.1) is 6.92 Å². The van der Waals surface area contributed by atoms with Gasteiger partial charge in [-0.25, -0.2) is 8.91 Å². The number of ketones is 1. The number of carbonyl (C=O) groups excluding carboxylic acids is 1. The van der Waals surface area contributed by atoms with Gasteiger partial charge in [-0.1, -0.05) is 0 Å². The Hall–Kier alpha value is -3.34. The molecule has 0 amide bonds. The summed E-state index contributed by atoms with van der Waals surface area (Å²) in [4.78, 5) is 20.4. The zero-order valence-electron chi connectivity index (χ0n) is 18.0. The molecule has 1 aliphatic heterocycles. The second-order valence-corrected chi connectivity index (χ2v) is 9.67. The number of aryl methyl sites for hydroxylation is 1. The maximum atomic E-state index is 14.5. The summed E-state index contributed by atoms with van der Waals surface area (Å²) in [5.41, 5.74) is 2.77. The van der Waals surface area contributed by atoms with Crippen LogP contribution >= 0.6 is 11.5 Å². The second kappa shape index (κ2) is 7.91. The van der Waals surface area contributed by atoms with Crippen molar-refractivity contribution in [3.63, 3.8) is 0 Å². The maximum absolute atomic E-state index is 14.5. The molecule has 2 N–H and O–H groups in total. The number of Topliss-reactive ketones (excluding diaryl/α,β-unsaturated/α-hetero) is 1. The largest absolute Gasteiger partial charge is 0.326 e. The van der Waals surface area contributed by atoms with Crippen LogP contribution in [0.3, 0.4) is 0 Å². The normalized spacial score (nSPS) is 20.6. The van der Waals surface area contributed by atoms with E-state index in [0.717, 1.165) is 21.8 Å². The SMILES string of the molecule is Cc1cc(CC(=O)[C@@H]2C[C@@H](F)CN2c2nc(Nc3cc(C4CC4)[nH]n3)c3cccn3n2)sn1. The fourth-order valence-corrected chi connectivity index (χ4v) is 5.11. The Bertz CT molecular complexity index is 1320. The van der Waals surface area contributed by atoms with Crippen molar-refractivity contribution < 1.29 is 9.18 Å². The number of anilines is 3. The predicted octanol–water partition coefficient (Wildman–Crippen LogP) is 3.57. The number of aromatic amines is 1. The molecule has 0 unspecified atom stereocenters. The molecule has 0 radical (unpaired) electrons. The lowest BCUT2D eigenvalue weighted by molar-refractivity contribution is -0.119. The van der Waals surface area contributed by atoms with Crippen LogP contribution in [-0.2, 0) is 11.2 Å². The van der Waals surface area contributed by atoms with Gasteiger partial charge < -0.3 is 10.2 Å². The van der Waals surface area contributed by atoms with Crippen LogP contribution in [-0.4, -0.2) is 53.7 Å². The summed E-state index contributed by atoms with van der Waals surface area (Å²) in [6.45, 7) is 1.98. The molecule has 11 heteroatoms. The number of fused-ring (bicyclic) bond motifs is 1. The molecule has 0 aromatic carbocycles. The minimum Gasteiger partial charge on any atom is -0.326 e. The van der Waals surface area contributed by atoms with Crippen LogP contribution in [0.4, 0.5) is 22.0 Å². The molecule has 33 heavy (non-hydrogen) atoms. The molecule has 1 aliphatic carbocycles. The molecule has 4 aromatic heterocycles. The summed E-state index contributed by atoms with van der Waals surface area (Å²) < 4.78 is 20.4. The fourth-order valence-electron chi connectivity index (χ4n) is 4.36. The summed E-state index contributed by atoms with van der Waals surface area (Å²) in [7, 11) is 0. The minimum absolute atomic E-state index is 0.0501. The first-order valence-electron chi connectivity index (χ1n) is 11.1. The van der Waals surface area contributed by atoms with Gasteiger partial charge in [0.05, 0.1) is 18.3 Å². The molecule has 6 rings (SSSR count). The number of H-pyrrole nitrogens is 1. The van der Waals surface area contributed by atoms with E-state index in [-0.39, 0.29) is 25.2 Å². The zero-order valence-corrected chi connectivity index (χ0v) is 18.8. The van der Waals surface area contributed by atoms with E-state index in [1.165, 1.54) is 24.4 Å². The van der Waals surface area contributed by atoms with Crippen molar-refractivity contribution in [2.24, 2.45) is 0 Å². The third-order valence-corrected chi connectivity index (χ3v) is 7.02. The van der Waals surface area contributed by atoms with Crippen molar-refractivity contribution >= 4 is 40.4 Å². The van der Waals surface area contributed by atoms with Crippen LogP contribution < -0.4 is 10.2 Å². The monoisotopic (exact) mass is 466 g/mol. The Morgan fingerprint density at radius 2 is 2.24 bits per heavy atom. The van der Waals surface area contributed by atoms with Gasteiger partial charge in [0.1, 0.15) is 11.7 Å². The molecule has 5 heterocycles. The summed E-state index contributed by atoms with van der Waals surface area (Å²) in [5, 5.41) is 15.3. The Kier molecular flexibility index (Phi) is 4.86. The summed E-state index contributed by atoms with van der Waals surface area (Å²) in [5.74, 6) is 2.06. The van der Waals surface area contributed by atoms with Gasteiger partial charge in [0, 0.05) is 41.6 Å². The molecule has 2 atom stereocenters. The van der Waals surface area contributed by atoms with Crippen molar-refractivity contribution in [3.05, 3.63) is 46.7 Å². The summed E-state index contributed by atoms with van der Waals surface area (Å²) in [6, 6.07) is 7.05. The molecule has 170 valence electrons. The van der Waals surface area contributed by atoms with E-state index in [1.54, 1.807) is 9.42 Å². The maximum Gasteiger partial charge on any atom is 0.246 e. The van der Waals surface area contributed by atoms with Crippen molar-refractivity contribution in [1.29, 1.82) is 0 Å². The quantitative estimate of drug-likeness (QED) is 0.429. The third kappa shape index (κ3) is 3.97. The highest BCUT2D eigenvalue weighted by Gasteiger charge is 2.39. The fraction of sp³-hybridized carbons (Fsp3) is 0.409. The topological polar surface area (TPSA) is 104 Å². The first-order chi connectivity index (χ1) is 16.0. The number of carbonyl (C=O) groups is 1. The van der Waals surface area contributed by atoms with E-state index in [4.69, 9.17) is 4.98 Å². The van der Waals surface area contributed by atoms with E-state index in [1.807, 2.05) is 37.4 Å². The zero-order chi connectivity index (χ0) is 22.5. The highest BCUT2D eigenvalue weighted by atomic mass is 32.1. The van der Waals surface area contributed by atoms with Crippen molar-refractivity contribution in [3.8, 4) is 0 Å². The van der Waals surface area contributed by atoms with Gasteiger partial charge in [0.25, 0.3) is 0 Å². The highest BCUT2D eigenvalue weighted by Crippen LogP contribution is 2.40. The number of aromatic nitrogens is 6. The molecule has 2 aliphatic rings. The van der Waals surface area contributed by atoms with E-state index in [0.29, 0.717) is 23.5 Å². The van der Waals surface area contributed by atoms with Gasteiger partial charge in [0.2, 0.25) is 5.95 Å². The van der Waals surface area contributed by atoms with Gasteiger partial charge in [-0.3, -0.25) is 9.89 Å². The highest BCUT2D eigenvalue weighted by molar-refractivity contribution is 7.05. The molecule has 1 saturated carbocycles. The van der Waals surface area contributed by atoms with Crippen molar-refractivity contribution in [2.75, 3.05) is 16.8 Å². The van der Waals surface area contributed by atoms with Gasteiger partial charge in [-0.2, -0.15) is 14.5 Å². The Labute approximate surface area is 193 Å². The van der Waals surface area contributed by atoms with Crippen molar-refractivity contribution in [2.45, 2.75) is 50.7 Å². The summed E-state index contributed by atoms with van der Waals surface area (Å²) in [6.07, 6.45) is 3.42. The number of alkyl halides is 1. The lowest BCUT2D eigenvalue weighted by Gasteiger charge is -2.23. The molecular weight excluding hydrogens is 443 g/mol.